The van der Waals surface area contributed by atoms with E-state index in [0.29, 0.717) is 32.3 Å². The third-order valence-corrected chi connectivity index (χ3v) is 5.42. The van der Waals surface area contributed by atoms with E-state index >= 15 is 0 Å². The molecule has 0 atom stereocenters. The van der Waals surface area contributed by atoms with Crippen molar-refractivity contribution in [1.82, 2.24) is 0 Å². The maximum Gasteiger partial charge on any atom is 0.265 e. The largest absolute Gasteiger partial charge is 0.465 e. The summed E-state index contributed by atoms with van der Waals surface area (Å²) in [6.45, 7) is 3.37. The standard InChI is InChI=1S/C13H14BrClN2O3S/c1-7-10(6-16)13(8(2)20-7)21(18,19)17-12-4-3-9(15)5-11(12)14/h3-5,17H,6,16H2,1-2H3. The Balaban J connectivity index is 2.48. The Hall–Kier alpha value is -1.02. The van der Waals surface area contributed by atoms with Crippen LogP contribution in [0.3, 0.4) is 0 Å². The highest BCUT2D eigenvalue weighted by Crippen LogP contribution is 2.31. The van der Waals surface area contributed by atoms with Gasteiger partial charge in [0.25, 0.3) is 10.0 Å². The molecule has 8 heteroatoms. The molecule has 0 aliphatic carbocycles. The van der Waals surface area contributed by atoms with Gasteiger partial charge in [-0.25, -0.2) is 8.42 Å². The predicted octanol–water partition coefficient (Wildman–Crippen LogP) is 3.57. The second-order valence-electron chi connectivity index (χ2n) is 4.46. The van der Waals surface area contributed by atoms with Gasteiger partial charge in [0.15, 0.2) is 0 Å². The number of nitrogens with one attached hydrogen (secondary N) is 1. The second-order valence-corrected chi connectivity index (χ2v) is 7.37. The van der Waals surface area contributed by atoms with Gasteiger partial charge < -0.3 is 10.2 Å². The molecular weight excluding hydrogens is 380 g/mol. The van der Waals surface area contributed by atoms with Gasteiger partial charge in [0, 0.05) is 21.6 Å². The minimum atomic E-state index is -3.80. The second kappa shape index (κ2) is 6.00. The highest BCUT2D eigenvalue weighted by molar-refractivity contribution is 9.10. The smallest absolute Gasteiger partial charge is 0.265 e. The van der Waals surface area contributed by atoms with Crippen molar-refractivity contribution in [2.75, 3.05) is 4.72 Å². The molecule has 0 saturated heterocycles. The molecule has 1 aromatic heterocycles. The Morgan fingerprint density at radius 2 is 2.00 bits per heavy atom. The molecule has 0 aliphatic heterocycles. The first-order chi connectivity index (χ1) is 9.76. The third-order valence-electron chi connectivity index (χ3n) is 2.97. The molecule has 1 heterocycles. The van der Waals surface area contributed by atoms with Crippen molar-refractivity contribution in [2.24, 2.45) is 5.73 Å². The monoisotopic (exact) mass is 392 g/mol. The first kappa shape index (κ1) is 16.4. The fraction of sp³-hybridized carbons (Fsp3) is 0.231. The number of furan rings is 1. The lowest BCUT2D eigenvalue weighted by Gasteiger charge is -2.10. The molecule has 0 unspecified atom stereocenters. The topological polar surface area (TPSA) is 85.3 Å². The van der Waals surface area contributed by atoms with Crippen LogP contribution in [0.5, 0.6) is 0 Å². The van der Waals surface area contributed by atoms with E-state index in [1.807, 2.05) is 0 Å². The van der Waals surface area contributed by atoms with Crippen LogP contribution < -0.4 is 10.5 Å². The lowest BCUT2D eigenvalue weighted by atomic mass is 10.2. The number of aryl methyl sites for hydroxylation is 2. The molecule has 114 valence electrons. The summed E-state index contributed by atoms with van der Waals surface area (Å²) in [5.74, 6) is 0.816. The van der Waals surface area contributed by atoms with Gasteiger partial charge in [-0.3, -0.25) is 4.72 Å². The lowest BCUT2D eigenvalue weighted by Crippen LogP contribution is -2.16. The number of hydrogen-bond donors (Lipinski definition) is 2. The van der Waals surface area contributed by atoms with Crippen molar-refractivity contribution in [3.05, 3.63) is 44.8 Å². The Kier molecular flexibility index (Phi) is 4.67. The van der Waals surface area contributed by atoms with Crippen LogP contribution in [-0.4, -0.2) is 8.42 Å². The van der Waals surface area contributed by atoms with Crippen LogP contribution in [0.25, 0.3) is 0 Å². The van der Waals surface area contributed by atoms with Crippen molar-refractivity contribution in [2.45, 2.75) is 25.3 Å². The summed E-state index contributed by atoms with van der Waals surface area (Å²) >= 11 is 9.11. The zero-order chi connectivity index (χ0) is 15.8. The van der Waals surface area contributed by atoms with E-state index < -0.39 is 10.0 Å². The molecule has 5 nitrogen and oxygen atoms in total. The van der Waals surface area contributed by atoms with Gasteiger partial charge >= 0.3 is 0 Å². The molecule has 3 N–H and O–H groups in total. The molecular formula is C13H14BrClN2O3S. The molecule has 0 fully saturated rings. The SMILES string of the molecule is Cc1oc(C)c(S(=O)(=O)Nc2ccc(Cl)cc2Br)c1CN. The predicted molar refractivity (Wildman–Crippen MR) is 86.0 cm³/mol. The van der Waals surface area contributed by atoms with E-state index in [1.165, 1.54) is 0 Å². The van der Waals surface area contributed by atoms with Gasteiger partial charge in [-0.2, -0.15) is 0 Å². The first-order valence-corrected chi connectivity index (χ1v) is 8.68. The van der Waals surface area contributed by atoms with Crippen LogP contribution in [0.4, 0.5) is 5.69 Å². The molecule has 0 aliphatic rings. The maximum atomic E-state index is 12.6. The van der Waals surface area contributed by atoms with Gasteiger partial charge in [0.05, 0.1) is 5.69 Å². The third kappa shape index (κ3) is 3.26. The zero-order valence-corrected chi connectivity index (χ0v) is 14.6. The van der Waals surface area contributed by atoms with Gasteiger partial charge in [-0.05, 0) is 48.0 Å². The van der Waals surface area contributed by atoms with Gasteiger partial charge in [0.1, 0.15) is 16.4 Å². The average molecular weight is 394 g/mol. The molecule has 21 heavy (non-hydrogen) atoms. The molecule has 1 aromatic carbocycles. The van der Waals surface area contributed by atoms with Gasteiger partial charge in [-0.1, -0.05) is 11.6 Å². The summed E-state index contributed by atoms with van der Waals surface area (Å²) in [6.07, 6.45) is 0. The van der Waals surface area contributed by atoms with Gasteiger partial charge in [0.2, 0.25) is 0 Å². The average Bonchev–Trinajstić information content (AvgIpc) is 2.67. The van der Waals surface area contributed by atoms with Crippen LogP contribution in [0.15, 0.2) is 32.0 Å². The number of nitrogens with two attached hydrogens (primary N) is 1. The summed E-state index contributed by atoms with van der Waals surface area (Å²) in [5.41, 5.74) is 6.49. The zero-order valence-electron chi connectivity index (χ0n) is 11.4. The van der Waals surface area contributed by atoms with Crippen LogP contribution in [0.1, 0.15) is 17.1 Å². The van der Waals surface area contributed by atoms with Crippen LogP contribution in [0.2, 0.25) is 5.02 Å². The number of benzene rings is 1. The van der Waals surface area contributed by atoms with E-state index in [9.17, 15) is 8.42 Å². The Morgan fingerprint density at radius 3 is 2.57 bits per heavy atom. The molecule has 0 bridgehead atoms. The Morgan fingerprint density at radius 1 is 1.33 bits per heavy atom. The lowest BCUT2D eigenvalue weighted by molar-refractivity contribution is 0.494. The molecule has 0 radical (unpaired) electrons. The minimum Gasteiger partial charge on any atom is -0.465 e. The number of sulfonamides is 1. The van der Waals surface area contributed by atoms with Crippen molar-refractivity contribution < 1.29 is 12.8 Å². The molecule has 2 aromatic rings. The molecule has 0 amide bonds. The minimum absolute atomic E-state index is 0.0845. The number of halogens is 2. The summed E-state index contributed by atoms with van der Waals surface area (Å²) in [5, 5.41) is 0.503. The quantitative estimate of drug-likeness (QED) is 0.831. The molecule has 2 rings (SSSR count). The summed E-state index contributed by atoms with van der Waals surface area (Å²) < 4.78 is 33.6. The van der Waals surface area contributed by atoms with Crippen LogP contribution in [0, 0.1) is 13.8 Å². The molecule has 0 spiro atoms. The van der Waals surface area contributed by atoms with Crippen LogP contribution in [-0.2, 0) is 16.6 Å². The first-order valence-electron chi connectivity index (χ1n) is 6.03. The highest BCUT2D eigenvalue weighted by Gasteiger charge is 2.26. The summed E-state index contributed by atoms with van der Waals surface area (Å²) in [4.78, 5) is 0.0874. The van der Waals surface area contributed by atoms with E-state index in [0.717, 1.165) is 0 Å². The van der Waals surface area contributed by atoms with Gasteiger partial charge in [-0.15, -0.1) is 0 Å². The van der Waals surface area contributed by atoms with E-state index in [4.69, 9.17) is 21.8 Å². The number of hydrogen-bond acceptors (Lipinski definition) is 4. The fourth-order valence-corrected chi connectivity index (χ4v) is 4.52. The van der Waals surface area contributed by atoms with Crippen molar-refractivity contribution in [3.8, 4) is 0 Å². The number of anilines is 1. The van der Waals surface area contributed by atoms with Crippen molar-refractivity contribution in [1.29, 1.82) is 0 Å². The normalized spacial score (nSPS) is 11.7. The van der Waals surface area contributed by atoms with Crippen LogP contribution >= 0.6 is 27.5 Å². The number of rotatable bonds is 4. The Labute approximate surface area is 136 Å². The van der Waals surface area contributed by atoms with E-state index in [1.54, 1.807) is 32.0 Å². The highest BCUT2D eigenvalue weighted by atomic mass is 79.9. The summed E-state index contributed by atoms with van der Waals surface area (Å²) in [6, 6.07) is 4.78. The Bertz CT molecular complexity index is 787. The van der Waals surface area contributed by atoms with Crippen molar-refractivity contribution >= 4 is 43.2 Å². The van der Waals surface area contributed by atoms with E-state index in [-0.39, 0.29) is 11.4 Å². The van der Waals surface area contributed by atoms with Crippen molar-refractivity contribution in [3.63, 3.8) is 0 Å². The summed E-state index contributed by atoms with van der Waals surface area (Å²) in [7, 11) is -3.80. The van der Waals surface area contributed by atoms with E-state index in [2.05, 4.69) is 20.7 Å². The fourth-order valence-electron chi connectivity index (χ4n) is 2.07. The molecule has 0 saturated carbocycles. The maximum absolute atomic E-state index is 12.6.